The van der Waals surface area contributed by atoms with Gasteiger partial charge < -0.3 is 9.47 Å². The van der Waals surface area contributed by atoms with Crippen LogP contribution in [0.15, 0.2) is 29.4 Å². The van der Waals surface area contributed by atoms with E-state index in [1.165, 1.54) is 12.1 Å². The van der Waals surface area contributed by atoms with Crippen molar-refractivity contribution in [2.45, 2.75) is 18.9 Å². The lowest BCUT2D eigenvalue weighted by Gasteiger charge is -2.28. The van der Waals surface area contributed by atoms with Crippen LogP contribution in [-0.2, 0) is 4.74 Å². The van der Waals surface area contributed by atoms with Crippen LogP contribution in [0.25, 0.3) is 10.4 Å². The fraction of sp³-hybridized carbons (Fsp3) is 0.538. The Morgan fingerprint density at radius 2 is 2.16 bits per heavy atom. The van der Waals surface area contributed by atoms with Crippen molar-refractivity contribution in [3.8, 4) is 5.75 Å². The van der Waals surface area contributed by atoms with Gasteiger partial charge in [0.1, 0.15) is 11.6 Å². The zero-order valence-corrected chi connectivity index (χ0v) is 10.5. The Hall–Kier alpha value is -1.78. The summed E-state index contributed by atoms with van der Waals surface area (Å²) < 4.78 is 23.9. The summed E-state index contributed by atoms with van der Waals surface area (Å²) >= 11 is 0. The average molecular weight is 265 g/mol. The van der Waals surface area contributed by atoms with Crippen LogP contribution in [0, 0.1) is 11.7 Å². The van der Waals surface area contributed by atoms with E-state index >= 15 is 0 Å². The summed E-state index contributed by atoms with van der Waals surface area (Å²) in [6.45, 7) is 1.55. The maximum Gasteiger partial charge on any atom is 0.123 e. The summed E-state index contributed by atoms with van der Waals surface area (Å²) in [5, 5.41) is 3.51. The molecule has 1 saturated heterocycles. The van der Waals surface area contributed by atoms with Gasteiger partial charge in [-0.1, -0.05) is 5.11 Å². The minimum Gasteiger partial charge on any atom is -0.493 e. The van der Waals surface area contributed by atoms with Crippen molar-refractivity contribution in [2.24, 2.45) is 11.0 Å². The Morgan fingerprint density at radius 1 is 1.37 bits per heavy atom. The van der Waals surface area contributed by atoms with Crippen LogP contribution in [0.1, 0.15) is 12.8 Å². The third-order valence-electron chi connectivity index (χ3n) is 3.11. The third-order valence-corrected chi connectivity index (χ3v) is 3.11. The molecule has 6 heteroatoms. The third kappa shape index (κ3) is 4.43. The Kier molecular flexibility index (Phi) is 5.01. The highest BCUT2D eigenvalue weighted by molar-refractivity contribution is 5.22. The van der Waals surface area contributed by atoms with Crippen molar-refractivity contribution in [2.75, 3.05) is 19.8 Å². The quantitative estimate of drug-likeness (QED) is 0.465. The molecule has 1 heterocycles. The lowest BCUT2D eigenvalue weighted by molar-refractivity contribution is -0.0218. The van der Waals surface area contributed by atoms with E-state index in [0.717, 1.165) is 12.8 Å². The molecule has 1 aromatic rings. The van der Waals surface area contributed by atoms with E-state index in [4.69, 9.17) is 15.0 Å². The lowest BCUT2D eigenvalue weighted by atomic mass is 9.99. The number of hydrogen-bond donors (Lipinski definition) is 0. The second kappa shape index (κ2) is 6.97. The normalized spacial score (nSPS) is 22.6. The first-order valence-electron chi connectivity index (χ1n) is 6.28. The van der Waals surface area contributed by atoms with E-state index in [2.05, 4.69) is 10.0 Å². The maximum absolute atomic E-state index is 12.7. The van der Waals surface area contributed by atoms with Gasteiger partial charge in [0, 0.05) is 10.8 Å². The summed E-state index contributed by atoms with van der Waals surface area (Å²) in [4.78, 5) is 2.72. The molecule has 0 bridgehead atoms. The predicted octanol–water partition coefficient (Wildman–Crippen LogP) is 3.31. The summed E-state index contributed by atoms with van der Waals surface area (Å²) in [5.41, 5.74) is 8.23. The van der Waals surface area contributed by atoms with Crippen LogP contribution in [0.5, 0.6) is 5.75 Å². The molecule has 0 N–H and O–H groups in total. The van der Waals surface area contributed by atoms with Crippen LogP contribution in [0.4, 0.5) is 4.39 Å². The Bertz CT molecular complexity index is 438. The molecule has 0 spiro atoms. The number of halogens is 1. The SMILES string of the molecule is [N-]=[N+]=NC[C@@H]1CC[C@H](COc2ccc(F)cc2)CO1. The first kappa shape index (κ1) is 13.6. The standard InChI is InChI=1S/C13H16FN3O2/c14-11-2-5-12(6-3-11)18-8-10-1-4-13(19-9-10)7-16-17-15/h2-3,5-6,10,13H,1,4,7-9H2/t10-,13+/m1/s1. The van der Waals surface area contributed by atoms with E-state index in [9.17, 15) is 4.39 Å². The van der Waals surface area contributed by atoms with Crippen LogP contribution >= 0.6 is 0 Å². The first-order chi connectivity index (χ1) is 9.28. The van der Waals surface area contributed by atoms with E-state index in [1.807, 2.05) is 0 Å². The Labute approximate surface area is 111 Å². The molecule has 2 atom stereocenters. The Morgan fingerprint density at radius 3 is 2.79 bits per heavy atom. The number of benzene rings is 1. The number of hydrogen-bond acceptors (Lipinski definition) is 3. The first-order valence-corrected chi connectivity index (χ1v) is 6.28. The van der Waals surface area contributed by atoms with Gasteiger partial charge in [0.15, 0.2) is 0 Å². The van der Waals surface area contributed by atoms with Crippen molar-refractivity contribution in [3.63, 3.8) is 0 Å². The van der Waals surface area contributed by atoms with Crippen molar-refractivity contribution < 1.29 is 13.9 Å². The highest BCUT2D eigenvalue weighted by Crippen LogP contribution is 2.21. The zero-order chi connectivity index (χ0) is 13.5. The number of azide groups is 1. The largest absolute Gasteiger partial charge is 0.493 e. The Balaban J connectivity index is 1.71. The summed E-state index contributed by atoms with van der Waals surface area (Å²) in [5.74, 6) is 0.721. The van der Waals surface area contributed by atoms with Gasteiger partial charge in [-0.2, -0.15) is 0 Å². The smallest absolute Gasteiger partial charge is 0.123 e. The molecule has 102 valence electrons. The molecule has 1 aliphatic rings. The molecule has 1 aliphatic heterocycles. The van der Waals surface area contributed by atoms with Gasteiger partial charge in [0.2, 0.25) is 0 Å². The van der Waals surface area contributed by atoms with Gasteiger partial charge in [-0.15, -0.1) is 0 Å². The van der Waals surface area contributed by atoms with E-state index in [-0.39, 0.29) is 11.9 Å². The van der Waals surface area contributed by atoms with Gasteiger partial charge in [0.25, 0.3) is 0 Å². The summed E-state index contributed by atoms with van der Waals surface area (Å²) in [6.07, 6.45) is 1.88. The second-order valence-corrected chi connectivity index (χ2v) is 4.58. The van der Waals surface area contributed by atoms with Gasteiger partial charge in [-0.3, -0.25) is 0 Å². The monoisotopic (exact) mass is 265 g/mol. The highest BCUT2D eigenvalue weighted by Gasteiger charge is 2.21. The molecule has 2 rings (SSSR count). The molecule has 0 radical (unpaired) electrons. The van der Waals surface area contributed by atoms with Crippen LogP contribution in [0.2, 0.25) is 0 Å². The molecule has 0 saturated carbocycles. The molecule has 1 aromatic carbocycles. The van der Waals surface area contributed by atoms with E-state index < -0.39 is 0 Å². The van der Waals surface area contributed by atoms with Gasteiger partial charge in [-0.05, 0) is 42.6 Å². The van der Waals surface area contributed by atoms with Crippen molar-refractivity contribution >= 4 is 0 Å². The molecule has 0 unspecified atom stereocenters. The number of rotatable bonds is 5. The topological polar surface area (TPSA) is 67.2 Å². The molecule has 19 heavy (non-hydrogen) atoms. The summed E-state index contributed by atoms with van der Waals surface area (Å²) in [6, 6.07) is 5.98. The molecular weight excluding hydrogens is 249 g/mol. The van der Waals surface area contributed by atoms with E-state index in [0.29, 0.717) is 31.4 Å². The van der Waals surface area contributed by atoms with Gasteiger partial charge in [0.05, 0.1) is 25.9 Å². The lowest BCUT2D eigenvalue weighted by Crippen LogP contribution is -2.30. The highest BCUT2D eigenvalue weighted by atomic mass is 19.1. The average Bonchev–Trinajstić information content (AvgIpc) is 2.46. The zero-order valence-electron chi connectivity index (χ0n) is 10.5. The minimum atomic E-state index is -0.269. The van der Waals surface area contributed by atoms with Crippen LogP contribution in [-0.4, -0.2) is 25.9 Å². The van der Waals surface area contributed by atoms with Crippen molar-refractivity contribution in [1.82, 2.24) is 0 Å². The molecular formula is C13H16FN3O2. The molecule has 1 fully saturated rings. The number of nitrogens with zero attached hydrogens (tertiary/aromatic N) is 3. The predicted molar refractivity (Wildman–Crippen MR) is 68.4 cm³/mol. The summed E-state index contributed by atoms with van der Waals surface area (Å²) in [7, 11) is 0. The number of ether oxygens (including phenoxy) is 2. The molecule has 0 amide bonds. The van der Waals surface area contributed by atoms with Crippen LogP contribution < -0.4 is 4.74 Å². The fourth-order valence-electron chi connectivity index (χ4n) is 2.01. The van der Waals surface area contributed by atoms with Crippen molar-refractivity contribution in [3.05, 3.63) is 40.5 Å². The van der Waals surface area contributed by atoms with E-state index in [1.54, 1.807) is 12.1 Å². The molecule has 5 nitrogen and oxygen atoms in total. The van der Waals surface area contributed by atoms with Gasteiger partial charge >= 0.3 is 0 Å². The molecule has 0 aromatic heterocycles. The fourth-order valence-corrected chi connectivity index (χ4v) is 2.01. The molecule has 0 aliphatic carbocycles. The van der Waals surface area contributed by atoms with Gasteiger partial charge in [-0.25, -0.2) is 4.39 Å². The maximum atomic E-state index is 12.7. The minimum absolute atomic E-state index is 0.0259. The van der Waals surface area contributed by atoms with Crippen LogP contribution in [0.3, 0.4) is 0 Å². The second-order valence-electron chi connectivity index (χ2n) is 4.58. The van der Waals surface area contributed by atoms with Crippen molar-refractivity contribution in [1.29, 1.82) is 0 Å².